The number of aryl methyl sites for hydroxylation is 1. The summed E-state index contributed by atoms with van der Waals surface area (Å²) in [4.78, 5) is 22.5. The number of carbonyl (C=O) groups excluding carboxylic acids is 1. The molecule has 0 bridgehead atoms. The van der Waals surface area contributed by atoms with Gasteiger partial charge in [-0.1, -0.05) is 45.7 Å². The SMILES string of the molecule is Cn1cnc2c(F)c(Nc3ccc(Br)cc3Cl)c(C(=O)NOCCCS(=O)(=O)c3ccccc3)cc21. The number of hydrogen-bond donors (Lipinski definition) is 2. The van der Waals surface area contributed by atoms with Crippen molar-refractivity contribution >= 4 is 65.7 Å². The lowest BCUT2D eigenvalue weighted by Crippen LogP contribution is -2.26. The summed E-state index contributed by atoms with van der Waals surface area (Å²) in [7, 11) is -1.79. The lowest BCUT2D eigenvalue weighted by Gasteiger charge is -2.15. The predicted molar refractivity (Wildman–Crippen MR) is 140 cm³/mol. The van der Waals surface area contributed by atoms with Gasteiger partial charge >= 0.3 is 0 Å². The predicted octanol–water partition coefficient (Wildman–Crippen LogP) is 5.40. The van der Waals surface area contributed by atoms with E-state index >= 15 is 4.39 Å². The summed E-state index contributed by atoms with van der Waals surface area (Å²) in [5.74, 6) is -1.61. The maximum atomic E-state index is 15.5. The van der Waals surface area contributed by atoms with Crippen LogP contribution in [0.25, 0.3) is 11.0 Å². The molecule has 0 saturated carbocycles. The van der Waals surface area contributed by atoms with Gasteiger partial charge in [0.2, 0.25) is 0 Å². The second kappa shape index (κ2) is 11.0. The van der Waals surface area contributed by atoms with Crippen LogP contribution < -0.4 is 10.8 Å². The van der Waals surface area contributed by atoms with Crippen molar-refractivity contribution in [2.45, 2.75) is 11.3 Å². The first kappa shape index (κ1) is 26.1. The number of benzene rings is 3. The number of fused-ring (bicyclic) bond motifs is 1. The summed E-state index contributed by atoms with van der Waals surface area (Å²) in [6.45, 7) is -0.0600. The topological polar surface area (TPSA) is 102 Å². The molecule has 0 radical (unpaired) electrons. The second-order valence-corrected chi connectivity index (χ2v) is 11.3. The minimum Gasteiger partial charge on any atom is -0.351 e. The molecular formula is C24H21BrClFN4O4S. The molecule has 0 fully saturated rings. The third-order valence-corrected chi connectivity index (χ3v) is 7.95. The summed E-state index contributed by atoms with van der Waals surface area (Å²) in [5, 5.41) is 3.20. The Balaban J connectivity index is 1.50. The highest BCUT2D eigenvalue weighted by Gasteiger charge is 2.22. The highest BCUT2D eigenvalue weighted by molar-refractivity contribution is 9.10. The summed E-state index contributed by atoms with van der Waals surface area (Å²) in [6, 6.07) is 14.5. The molecule has 0 aliphatic carbocycles. The molecule has 0 aliphatic rings. The number of nitrogens with zero attached hydrogens (tertiary/aromatic N) is 2. The fourth-order valence-electron chi connectivity index (χ4n) is 3.49. The van der Waals surface area contributed by atoms with Crippen LogP contribution in [0.4, 0.5) is 15.8 Å². The minimum absolute atomic E-state index is 0.0421. The number of halogens is 3. The van der Waals surface area contributed by atoms with E-state index in [4.69, 9.17) is 16.4 Å². The van der Waals surface area contributed by atoms with Crippen LogP contribution in [0, 0.1) is 5.82 Å². The van der Waals surface area contributed by atoms with Gasteiger partial charge in [0.1, 0.15) is 5.52 Å². The van der Waals surface area contributed by atoms with E-state index in [9.17, 15) is 13.2 Å². The summed E-state index contributed by atoms with van der Waals surface area (Å²) in [5.41, 5.74) is 2.97. The van der Waals surface area contributed by atoms with E-state index in [1.807, 2.05) is 0 Å². The average Bonchev–Trinajstić information content (AvgIpc) is 3.23. The number of rotatable bonds is 9. The third kappa shape index (κ3) is 5.70. The van der Waals surface area contributed by atoms with Crippen LogP contribution in [0.2, 0.25) is 5.02 Å². The Morgan fingerprint density at radius 3 is 2.67 bits per heavy atom. The van der Waals surface area contributed by atoms with Crippen molar-refractivity contribution in [3.8, 4) is 0 Å². The molecule has 3 aromatic carbocycles. The molecular weight excluding hydrogens is 575 g/mol. The molecule has 4 rings (SSSR count). The molecule has 0 saturated heterocycles. The van der Waals surface area contributed by atoms with E-state index < -0.39 is 21.6 Å². The first-order valence-corrected chi connectivity index (χ1v) is 13.6. The monoisotopic (exact) mass is 594 g/mol. The van der Waals surface area contributed by atoms with Crippen molar-refractivity contribution < 1.29 is 22.4 Å². The van der Waals surface area contributed by atoms with Crippen LogP contribution in [0.3, 0.4) is 0 Å². The van der Waals surface area contributed by atoms with Crippen LogP contribution in [0.15, 0.2) is 70.3 Å². The number of anilines is 2. The molecule has 1 amide bonds. The Morgan fingerprint density at radius 2 is 1.94 bits per heavy atom. The van der Waals surface area contributed by atoms with Gasteiger partial charge in [0, 0.05) is 11.5 Å². The van der Waals surface area contributed by atoms with Crippen LogP contribution >= 0.6 is 27.5 Å². The van der Waals surface area contributed by atoms with Gasteiger partial charge in [-0.3, -0.25) is 9.63 Å². The Hall–Kier alpha value is -2.99. The van der Waals surface area contributed by atoms with Crippen LogP contribution in [-0.4, -0.2) is 36.2 Å². The number of imidazole rings is 1. The molecule has 2 N–H and O–H groups in total. The molecule has 188 valence electrons. The van der Waals surface area contributed by atoms with Gasteiger partial charge in [-0.05, 0) is 42.8 Å². The maximum absolute atomic E-state index is 15.5. The van der Waals surface area contributed by atoms with E-state index in [0.29, 0.717) is 16.2 Å². The zero-order chi connectivity index (χ0) is 25.9. The molecule has 36 heavy (non-hydrogen) atoms. The molecule has 0 spiro atoms. The maximum Gasteiger partial charge on any atom is 0.277 e. The van der Waals surface area contributed by atoms with Gasteiger partial charge in [0.25, 0.3) is 5.91 Å². The van der Waals surface area contributed by atoms with Gasteiger partial charge < -0.3 is 9.88 Å². The lowest BCUT2D eigenvalue weighted by atomic mass is 10.1. The van der Waals surface area contributed by atoms with Crippen molar-refractivity contribution in [1.82, 2.24) is 15.0 Å². The first-order chi connectivity index (χ1) is 17.2. The largest absolute Gasteiger partial charge is 0.351 e. The number of amides is 1. The zero-order valence-electron chi connectivity index (χ0n) is 19.0. The summed E-state index contributed by atoms with van der Waals surface area (Å²) < 4.78 is 42.5. The van der Waals surface area contributed by atoms with Crippen LogP contribution in [0.1, 0.15) is 16.8 Å². The van der Waals surface area contributed by atoms with E-state index in [2.05, 4.69) is 31.7 Å². The Labute approximate surface area is 220 Å². The summed E-state index contributed by atoms with van der Waals surface area (Å²) in [6.07, 6.45) is 1.59. The average molecular weight is 596 g/mol. The summed E-state index contributed by atoms with van der Waals surface area (Å²) >= 11 is 9.59. The van der Waals surface area contributed by atoms with E-state index in [1.54, 1.807) is 48.0 Å². The zero-order valence-corrected chi connectivity index (χ0v) is 22.1. The van der Waals surface area contributed by atoms with Crippen molar-refractivity contribution in [2.75, 3.05) is 17.7 Å². The number of hydrogen-bond acceptors (Lipinski definition) is 6. The van der Waals surface area contributed by atoms with E-state index in [0.717, 1.165) is 4.47 Å². The molecule has 8 nitrogen and oxygen atoms in total. The lowest BCUT2D eigenvalue weighted by molar-refractivity contribution is 0.0317. The Morgan fingerprint density at radius 1 is 1.19 bits per heavy atom. The Bertz CT molecular complexity index is 1530. The third-order valence-electron chi connectivity index (χ3n) is 5.32. The van der Waals surface area contributed by atoms with E-state index in [-0.39, 0.29) is 40.4 Å². The first-order valence-electron chi connectivity index (χ1n) is 10.7. The molecule has 1 aromatic heterocycles. The molecule has 0 atom stereocenters. The molecule has 1 heterocycles. The van der Waals surface area contributed by atoms with Gasteiger partial charge in [0.15, 0.2) is 15.7 Å². The van der Waals surface area contributed by atoms with Crippen LogP contribution in [-0.2, 0) is 21.7 Å². The van der Waals surface area contributed by atoms with Crippen molar-refractivity contribution in [2.24, 2.45) is 7.05 Å². The van der Waals surface area contributed by atoms with Gasteiger partial charge in [-0.2, -0.15) is 0 Å². The van der Waals surface area contributed by atoms with Gasteiger partial charge in [0.05, 0.1) is 51.1 Å². The normalized spacial score (nSPS) is 11.6. The van der Waals surface area contributed by atoms with Gasteiger partial charge in [-0.15, -0.1) is 0 Å². The quantitative estimate of drug-likeness (QED) is 0.199. The van der Waals surface area contributed by atoms with Gasteiger partial charge in [-0.25, -0.2) is 23.3 Å². The number of aromatic nitrogens is 2. The van der Waals surface area contributed by atoms with Crippen LogP contribution in [0.5, 0.6) is 0 Å². The number of sulfone groups is 1. The second-order valence-electron chi connectivity index (χ2n) is 7.85. The highest BCUT2D eigenvalue weighted by atomic mass is 79.9. The minimum atomic E-state index is -3.47. The fourth-order valence-corrected chi connectivity index (χ4v) is 5.52. The number of hydroxylamine groups is 1. The van der Waals surface area contributed by atoms with Crippen molar-refractivity contribution in [1.29, 1.82) is 0 Å². The van der Waals surface area contributed by atoms with Crippen molar-refractivity contribution in [3.63, 3.8) is 0 Å². The Kier molecular flexibility index (Phi) is 7.94. The molecule has 12 heteroatoms. The smallest absolute Gasteiger partial charge is 0.277 e. The molecule has 0 aliphatic heterocycles. The number of carbonyl (C=O) groups is 1. The molecule has 0 unspecified atom stereocenters. The number of nitrogens with one attached hydrogen (secondary N) is 2. The highest BCUT2D eigenvalue weighted by Crippen LogP contribution is 2.34. The fraction of sp³-hybridized carbons (Fsp3) is 0.167. The van der Waals surface area contributed by atoms with E-state index in [1.165, 1.54) is 24.5 Å². The molecule has 4 aromatic rings. The van der Waals surface area contributed by atoms with Crippen molar-refractivity contribution in [3.05, 3.63) is 81.8 Å². The standard InChI is InChI=1S/C24H21BrClFN4O4S/c1-31-14-28-23-20(31)13-17(22(21(23)27)29-19-9-8-15(25)12-18(19)26)24(32)30-35-10-5-11-36(33,34)16-6-3-2-4-7-16/h2-4,6-9,12-14,29H,5,10-11H2,1H3,(H,30,32).